The van der Waals surface area contributed by atoms with E-state index in [-0.39, 0.29) is 11.6 Å². The fourth-order valence-electron chi connectivity index (χ4n) is 2.18. The summed E-state index contributed by atoms with van der Waals surface area (Å²) >= 11 is 0. The molecule has 0 radical (unpaired) electrons. The lowest BCUT2D eigenvalue weighted by atomic mass is 10.0. The summed E-state index contributed by atoms with van der Waals surface area (Å²) in [6, 6.07) is 0. The lowest BCUT2D eigenvalue weighted by molar-refractivity contribution is 0.0620. The van der Waals surface area contributed by atoms with E-state index < -0.39 is 10.0 Å². The molecule has 0 aromatic carbocycles. The Morgan fingerprint density at radius 2 is 2.21 bits per heavy atom. The number of hydrogen-bond acceptors (Lipinski definition) is 5. The van der Waals surface area contributed by atoms with Crippen LogP contribution in [0.15, 0.2) is 11.2 Å². The molecule has 0 saturated carbocycles. The molecule has 8 heteroatoms. The SMILES string of the molecule is CN(CC1CCOCC1)S(=O)(=O)c1[nH]ncc1CO. The van der Waals surface area contributed by atoms with Crippen LogP contribution in [0.5, 0.6) is 0 Å². The predicted octanol–water partition coefficient (Wildman–Crippen LogP) is -0.0509. The van der Waals surface area contributed by atoms with Crippen LogP contribution in [-0.4, -0.2) is 54.8 Å². The van der Waals surface area contributed by atoms with Gasteiger partial charge in [-0.3, -0.25) is 5.10 Å². The number of nitrogens with zero attached hydrogens (tertiary/aromatic N) is 2. The van der Waals surface area contributed by atoms with Crippen molar-refractivity contribution in [3.63, 3.8) is 0 Å². The third-order valence-electron chi connectivity index (χ3n) is 3.37. The zero-order valence-electron chi connectivity index (χ0n) is 10.9. The van der Waals surface area contributed by atoms with Gasteiger partial charge in [0, 0.05) is 32.4 Å². The Labute approximate surface area is 112 Å². The van der Waals surface area contributed by atoms with E-state index >= 15 is 0 Å². The number of sulfonamides is 1. The Morgan fingerprint density at radius 3 is 2.84 bits per heavy atom. The minimum Gasteiger partial charge on any atom is -0.392 e. The number of aromatic amines is 1. The second kappa shape index (κ2) is 6.00. The summed E-state index contributed by atoms with van der Waals surface area (Å²) in [7, 11) is -2.07. The van der Waals surface area contributed by atoms with Crippen LogP contribution < -0.4 is 0 Å². The van der Waals surface area contributed by atoms with E-state index in [0.717, 1.165) is 12.8 Å². The third kappa shape index (κ3) is 3.14. The van der Waals surface area contributed by atoms with E-state index in [1.165, 1.54) is 10.5 Å². The average Bonchev–Trinajstić information content (AvgIpc) is 2.88. The first-order chi connectivity index (χ1) is 9.05. The van der Waals surface area contributed by atoms with Gasteiger partial charge in [-0.15, -0.1) is 0 Å². The van der Waals surface area contributed by atoms with Gasteiger partial charge in [-0.25, -0.2) is 8.42 Å². The second-order valence-electron chi connectivity index (χ2n) is 4.72. The van der Waals surface area contributed by atoms with Crippen molar-refractivity contribution >= 4 is 10.0 Å². The summed E-state index contributed by atoms with van der Waals surface area (Å²) in [4.78, 5) is 0. The molecule has 1 saturated heterocycles. The summed E-state index contributed by atoms with van der Waals surface area (Å²) in [6.45, 7) is 1.47. The first-order valence-corrected chi connectivity index (χ1v) is 7.67. The van der Waals surface area contributed by atoms with Crippen LogP contribution in [0, 0.1) is 5.92 Å². The molecule has 108 valence electrons. The van der Waals surface area contributed by atoms with Crippen molar-refractivity contribution in [2.75, 3.05) is 26.8 Å². The van der Waals surface area contributed by atoms with Gasteiger partial charge in [0.25, 0.3) is 10.0 Å². The lowest BCUT2D eigenvalue weighted by Crippen LogP contribution is -2.34. The summed E-state index contributed by atoms with van der Waals surface area (Å²) in [5.74, 6) is 0.314. The fourth-order valence-corrected chi connectivity index (χ4v) is 3.52. The molecular weight excluding hydrogens is 270 g/mol. The van der Waals surface area contributed by atoms with Crippen LogP contribution in [0.2, 0.25) is 0 Å². The Balaban J connectivity index is 2.10. The first-order valence-electron chi connectivity index (χ1n) is 6.23. The van der Waals surface area contributed by atoms with E-state index in [1.54, 1.807) is 7.05 Å². The van der Waals surface area contributed by atoms with Gasteiger partial charge in [0.1, 0.15) is 0 Å². The van der Waals surface area contributed by atoms with E-state index in [4.69, 9.17) is 9.84 Å². The largest absolute Gasteiger partial charge is 0.392 e. The Hall–Kier alpha value is -0.960. The van der Waals surface area contributed by atoms with Crippen molar-refractivity contribution in [1.82, 2.24) is 14.5 Å². The van der Waals surface area contributed by atoms with Crippen LogP contribution in [0.25, 0.3) is 0 Å². The molecule has 0 aliphatic carbocycles. The summed E-state index contributed by atoms with van der Waals surface area (Å²) in [5, 5.41) is 15.2. The Bertz CT molecular complexity index is 508. The van der Waals surface area contributed by atoms with Crippen molar-refractivity contribution in [3.8, 4) is 0 Å². The van der Waals surface area contributed by atoms with Crippen molar-refractivity contribution in [1.29, 1.82) is 0 Å². The molecule has 1 aromatic heterocycles. The molecule has 0 unspecified atom stereocenters. The number of nitrogens with one attached hydrogen (secondary N) is 1. The average molecular weight is 289 g/mol. The molecule has 0 spiro atoms. The molecule has 19 heavy (non-hydrogen) atoms. The zero-order valence-corrected chi connectivity index (χ0v) is 11.7. The van der Waals surface area contributed by atoms with Gasteiger partial charge in [0.15, 0.2) is 5.03 Å². The summed E-state index contributed by atoms with van der Waals surface area (Å²) in [6.07, 6.45) is 3.07. The topological polar surface area (TPSA) is 95.5 Å². The first kappa shape index (κ1) is 14.4. The predicted molar refractivity (Wildman–Crippen MR) is 67.9 cm³/mol. The van der Waals surface area contributed by atoms with Crippen LogP contribution in [0.3, 0.4) is 0 Å². The van der Waals surface area contributed by atoms with Crippen molar-refractivity contribution < 1.29 is 18.3 Å². The smallest absolute Gasteiger partial charge is 0.260 e. The maximum Gasteiger partial charge on any atom is 0.260 e. The number of aliphatic hydroxyl groups excluding tert-OH is 1. The molecule has 2 heterocycles. The Kier molecular flexibility index (Phi) is 4.56. The van der Waals surface area contributed by atoms with E-state index in [9.17, 15) is 8.42 Å². The Morgan fingerprint density at radius 1 is 1.53 bits per heavy atom. The molecular formula is C11H19N3O4S. The van der Waals surface area contributed by atoms with E-state index in [1.807, 2.05) is 0 Å². The van der Waals surface area contributed by atoms with Crippen LogP contribution in [0.4, 0.5) is 0 Å². The molecule has 1 aliphatic heterocycles. The third-order valence-corrected chi connectivity index (χ3v) is 5.21. The minimum absolute atomic E-state index is 0.0236. The van der Waals surface area contributed by atoms with Gasteiger partial charge in [0.05, 0.1) is 12.8 Å². The number of ether oxygens (including phenoxy) is 1. The number of rotatable bonds is 5. The fraction of sp³-hybridized carbons (Fsp3) is 0.727. The van der Waals surface area contributed by atoms with Crippen LogP contribution >= 0.6 is 0 Å². The second-order valence-corrected chi connectivity index (χ2v) is 6.71. The highest BCUT2D eigenvalue weighted by Gasteiger charge is 2.28. The molecule has 1 aromatic rings. The minimum atomic E-state index is -3.62. The van der Waals surface area contributed by atoms with Gasteiger partial charge in [0.2, 0.25) is 0 Å². The quantitative estimate of drug-likeness (QED) is 0.792. The highest BCUT2D eigenvalue weighted by atomic mass is 32.2. The van der Waals surface area contributed by atoms with E-state index in [2.05, 4.69) is 10.2 Å². The monoisotopic (exact) mass is 289 g/mol. The van der Waals surface area contributed by atoms with E-state index in [0.29, 0.717) is 31.2 Å². The lowest BCUT2D eigenvalue weighted by Gasteiger charge is -2.26. The van der Waals surface area contributed by atoms with Crippen LogP contribution in [-0.2, 0) is 21.4 Å². The maximum absolute atomic E-state index is 12.4. The molecule has 7 nitrogen and oxygen atoms in total. The summed E-state index contributed by atoms with van der Waals surface area (Å²) < 4.78 is 31.3. The van der Waals surface area contributed by atoms with Gasteiger partial charge < -0.3 is 9.84 Å². The molecule has 0 bridgehead atoms. The summed E-state index contributed by atoms with van der Waals surface area (Å²) in [5.41, 5.74) is 0.291. The van der Waals surface area contributed by atoms with Gasteiger partial charge in [-0.2, -0.15) is 9.40 Å². The van der Waals surface area contributed by atoms with Crippen LogP contribution in [0.1, 0.15) is 18.4 Å². The highest BCUT2D eigenvalue weighted by Crippen LogP contribution is 2.21. The normalized spacial score (nSPS) is 18.1. The van der Waals surface area contributed by atoms with Crippen molar-refractivity contribution in [2.45, 2.75) is 24.5 Å². The number of hydrogen-bond donors (Lipinski definition) is 2. The number of aromatic nitrogens is 2. The zero-order chi connectivity index (χ0) is 13.9. The van der Waals surface area contributed by atoms with Gasteiger partial charge in [-0.05, 0) is 18.8 Å². The maximum atomic E-state index is 12.4. The van der Waals surface area contributed by atoms with Gasteiger partial charge >= 0.3 is 0 Å². The van der Waals surface area contributed by atoms with Gasteiger partial charge in [-0.1, -0.05) is 0 Å². The standard InChI is InChI=1S/C11H19N3O4S/c1-14(7-9-2-4-18-5-3-9)19(16,17)11-10(8-15)6-12-13-11/h6,9,15H,2-5,7-8H2,1H3,(H,12,13). The molecule has 2 rings (SSSR count). The molecule has 1 aliphatic rings. The highest BCUT2D eigenvalue weighted by molar-refractivity contribution is 7.89. The number of H-pyrrole nitrogens is 1. The molecule has 0 amide bonds. The number of aliphatic hydroxyl groups is 1. The van der Waals surface area contributed by atoms with Crippen molar-refractivity contribution in [2.24, 2.45) is 5.92 Å². The molecule has 1 fully saturated rings. The molecule has 2 N–H and O–H groups in total. The van der Waals surface area contributed by atoms with Crippen molar-refractivity contribution in [3.05, 3.63) is 11.8 Å². The molecule has 0 atom stereocenters.